The number of fused-ring (bicyclic) bond motifs is 3. The summed E-state index contributed by atoms with van der Waals surface area (Å²) in [6.45, 7) is 0. The Bertz CT molecular complexity index is 3400. The van der Waals surface area contributed by atoms with E-state index in [-0.39, 0.29) is 0 Å². The second-order valence-electron chi connectivity index (χ2n) is 14.4. The van der Waals surface area contributed by atoms with Crippen LogP contribution in [0.2, 0.25) is 0 Å². The molecule has 3 heterocycles. The Balaban J connectivity index is 1.18. The molecule has 0 aliphatic heterocycles. The molecule has 56 heavy (non-hydrogen) atoms. The quantitative estimate of drug-likeness (QED) is 0.178. The summed E-state index contributed by atoms with van der Waals surface area (Å²) in [5.41, 5.74) is 9.71. The van der Waals surface area contributed by atoms with Crippen molar-refractivity contribution in [3.05, 3.63) is 188 Å². The number of nitrogens with zero attached hydrogens (tertiary/aromatic N) is 5. The summed E-state index contributed by atoms with van der Waals surface area (Å²) in [7, 11) is 0. The summed E-state index contributed by atoms with van der Waals surface area (Å²) >= 11 is 0. The van der Waals surface area contributed by atoms with Gasteiger partial charge in [0.05, 0.1) is 22.1 Å². The zero-order valence-electron chi connectivity index (χ0n) is 30.1. The van der Waals surface area contributed by atoms with Crippen molar-refractivity contribution in [3.63, 3.8) is 0 Å². The molecule has 0 unspecified atom stereocenters. The van der Waals surface area contributed by atoms with E-state index in [4.69, 9.17) is 15.0 Å². The highest BCUT2D eigenvalue weighted by molar-refractivity contribution is 6.39. The first-order chi connectivity index (χ1) is 27.8. The van der Waals surface area contributed by atoms with Crippen molar-refractivity contribution in [1.82, 2.24) is 24.1 Å². The molecule has 0 aliphatic carbocycles. The number of para-hydroxylation sites is 1. The standard InChI is InChI=1S/C51H31N5/c1-4-15-32(16-5-1)49-52-50(33-17-6-2-7-18-33)54-51(53-49)34-19-12-22-36(31-34)56-42-28-14-26-40-38-24-11-10-23-37(38)39-25-13-27-41-45(39)47-43(29-30-44(56)48(47)46(40)42)55(41)35-20-8-3-9-21-35/h1-31H. The minimum Gasteiger partial charge on any atom is -0.309 e. The Kier molecular flexibility index (Phi) is 6.56. The van der Waals surface area contributed by atoms with Gasteiger partial charge in [0.2, 0.25) is 0 Å². The van der Waals surface area contributed by atoms with E-state index in [1.807, 2.05) is 60.7 Å². The smallest absolute Gasteiger partial charge is 0.164 e. The highest BCUT2D eigenvalue weighted by atomic mass is 15.0. The van der Waals surface area contributed by atoms with E-state index in [2.05, 4.69) is 137 Å². The molecule has 3 aromatic heterocycles. The number of benzene rings is 8. The van der Waals surface area contributed by atoms with Gasteiger partial charge in [0.1, 0.15) is 0 Å². The third-order valence-corrected chi connectivity index (χ3v) is 11.3. The average molecular weight is 714 g/mol. The topological polar surface area (TPSA) is 48.5 Å². The van der Waals surface area contributed by atoms with Crippen molar-refractivity contribution in [3.8, 4) is 45.5 Å². The number of hydrogen-bond donors (Lipinski definition) is 0. The number of aromatic nitrogens is 5. The third kappa shape index (κ3) is 4.46. The van der Waals surface area contributed by atoms with Gasteiger partial charge in [-0.3, -0.25) is 0 Å². The summed E-state index contributed by atoms with van der Waals surface area (Å²) in [4.78, 5) is 15.1. The van der Waals surface area contributed by atoms with E-state index < -0.39 is 0 Å². The summed E-state index contributed by atoms with van der Waals surface area (Å²) in [5, 5.41) is 10.0. The monoisotopic (exact) mass is 713 g/mol. The van der Waals surface area contributed by atoms with Crippen LogP contribution < -0.4 is 0 Å². The molecule has 0 radical (unpaired) electrons. The highest BCUT2D eigenvalue weighted by Gasteiger charge is 2.24. The molecule has 0 saturated carbocycles. The minimum absolute atomic E-state index is 0.630. The molecular weight excluding hydrogens is 683 g/mol. The van der Waals surface area contributed by atoms with Crippen molar-refractivity contribution in [2.75, 3.05) is 0 Å². The van der Waals surface area contributed by atoms with Gasteiger partial charge in [-0.1, -0.05) is 140 Å². The lowest BCUT2D eigenvalue weighted by Gasteiger charge is -2.12. The molecule has 12 rings (SSSR count). The lowest BCUT2D eigenvalue weighted by atomic mass is 9.95. The van der Waals surface area contributed by atoms with Gasteiger partial charge in [0.15, 0.2) is 17.5 Å². The fourth-order valence-corrected chi connectivity index (χ4v) is 8.95. The summed E-state index contributed by atoms with van der Waals surface area (Å²) < 4.78 is 4.86. The Morgan fingerprint density at radius 3 is 1.18 bits per heavy atom. The minimum atomic E-state index is 0.630. The van der Waals surface area contributed by atoms with Gasteiger partial charge in [0, 0.05) is 49.6 Å². The van der Waals surface area contributed by atoms with Crippen molar-refractivity contribution < 1.29 is 0 Å². The van der Waals surface area contributed by atoms with Gasteiger partial charge >= 0.3 is 0 Å². The first kappa shape index (κ1) is 30.8. The first-order valence-corrected chi connectivity index (χ1v) is 19.0. The molecule has 0 spiro atoms. The number of rotatable bonds is 5. The van der Waals surface area contributed by atoms with Gasteiger partial charge in [-0.15, -0.1) is 0 Å². The lowest BCUT2D eigenvalue weighted by molar-refractivity contribution is 1.07. The fourth-order valence-electron chi connectivity index (χ4n) is 8.95. The molecule has 260 valence electrons. The van der Waals surface area contributed by atoms with Crippen LogP contribution in [0.4, 0.5) is 0 Å². The second-order valence-corrected chi connectivity index (χ2v) is 14.4. The van der Waals surface area contributed by atoms with Crippen LogP contribution >= 0.6 is 0 Å². The summed E-state index contributed by atoms with van der Waals surface area (Å²) in [6, 6.07) is 66.7. The van der Waals surface area contributed by atoms with Gasteiger partial charge in [-0.05, 0) is 70.1 Å². The summed E-state index contributed by atoms with van der Waals surface area (Å²) in [5.74, 6) is 1.92. The van der Waals surface area contributed by atoms with E-state index in [1.165, 1.54) is 54.1 Å². The van der Waals surface area contributed by atoms with Crippen molar-refractivity contribution in [2.24, 2.45) is 0 Å². The third-order valence-electron chi connectivity index (χ3n) is 11.3. The van der Waals surface area contributed by atoms with Crippen LogP contribution in [-0.2, 0) is 0 Å². The first-order valence-electron chi connectivity index (χ1n) is 19.0. The van der Waals surface area contributed by atoms with Gasteiger partial charge in [0.25, 0.3) is 0 Å². The second kappa shape index (κ2) is 11.9. The number of hydrogen-bond acceptors (Lipinski definition) is 3. The zero-order valence-corrected chi connectivity index (χ0v) is 30.1. The van der Waals surface area contributed by atoms with Crippen LogP contribution in [0.1, 0.15) is 0 Å². The maximum Gasteiger partial charge on any atom is 0.164 e. The van der Waals surface area contributed by atoms with Crippen LogP contribution in [0, 0.1) is 0 Å². The predicted octanol–water partition coefficient (Wildman–Crippen LogP) is 12.8. The highest BCUT2D eigenvalue weighted by Crippen LogP contribution is 2.47. The molecule has 0 fully saturated rings. The van der Waals surface area contributed by atoms with Crippen molar-refractivity contribution in [1.29, 1.82) is 0 Å². The fraction of sp³-hybridized carbons (Fsp3) is 0. The molecule has 9 aromatic carbocycles. The summed E-state index contributed by atoms with van der Waals surface area (Å²) in [6.07, 6.45) is 0. The molecule has 0 bridgehead atoms. The van der Waals surface area contributed by atoms with Gasteiger partial charge < -0.3 is 9.13 Å². The van der Waals surface area contributed by atoms with Crippen molar-refractivity contribution >= 4 is 65.2 Å². The maximum atomic E-state index is 5.08. The lowest BCUT2D eigenvalue weighted by Crippen LogP contribution is -2.01. The van der Waals surface area contributed by atoms with Crippen LogP contribution in [0.5, 0.6) is 0 Å². The van der Waals surface area contributed by atoms with Gasteiger partial charge in [-0.2, -0.15) is 0 Å². The van der Waals surface area contributed by atoms with Gasteiger partial charge in [-0.25, -0.2) is 15.0 Å². The molecule has 0 atom stereocenters. The largest absolute Gasteiger partial charge is 0.309 e. The molecule has 0 aliphatic rings. The molecule has 5 nitrogen and oxygen atoms in total. The average Bonchev–Trinajstić information content (AvgIpc) is 3.80. The van der Waals surface area contributed by atoms with Crippen LogP contribution in [-0.4, -0.2) is 24.1 Å². The van der Waals surface area contributed by atoms with Crippen LogP contribution in [0.15, 0.2) is 188 Å². The molecule has 0 saturated heterocycles. The van der Waals surface area contributed by atoms with Crippen molar-refractivity contribution in [2.45, 2.75) is 0 Å². The molecule has 12 aromatic rings. The Morgan fingerprint density at radius 1 is 0.268 bits per heavy atom. The Morgan fingerprint density at radius 2 is 0.643 bits per heavy atom. The zero-order chi connectivity index (χ0) is 36.7. The Hall–Kier alpha value is -7.63. The molecular formula is C51H31N5. The Labute approximate surface area is 321 Å². The predicted molar refractivity (Wildman–Crippen MR) is 231 cm³/mol. The van der Waals surface area contributed by atoms with E-state index in [1.54, 1.807) is 0 Å². The SMILES string of the molecule is c1ccc(-c2nc(-c3ccccc3)nc(-c3cccc(-n4c5cccc6c7ccccc7c7cccc8c7c7c(c65)c4ccc7n8-c4ccccc4)c3)n2)cc1. The molecule has 0 N–H and O–H groups in total. The maximum absolute atomic E-state index is 5.08. The molecule has 0 amide bonds. The van der Waals surface area contributed by atoms with Crippen LogP contribution in [0.25, 0.3) is 111 Å². The normalized spacial score (nSPS) is 11.9. The van der Waals surface area contributed by atoms with E-state index in [0.29, 0.717) is 17.5 Å². The van der Waals surface area contributed by atoms with E-state index in [9.17, 15) is 0 Å². The van der Waals surface area contributed by atoms with Crippen LogP contribution in [0.3, 0.4) is 0 Å². The van der Waals surface area contributed by atoms with E-state index >= 15 is 0 Å². The van der Waals surface area contributed by atoms with E-state index in [0.717, 1.165) is 39.1 Å². The molecule has 5 heteroatoms.